The highest BCUT2D eigenvalue weighted by Crippen LogP contribution is 2.22. The summed E-state index contributed by atoms with van der Waals surface area (Å²) in [6, 6.07) is 24.1. The van der Waals surface area contributed by atoms with Gasteiger partial charge >= 0.3 is 0 Å². The van der Waals surface area contributed by atoms with Crippen LogP contribution in [0.5, 0.6) is 11.5 Å². The number of para-hydroxylation sites is 1. The summed E-state index contributed by atoms with van der Waals surface area (Å²) in [5.41, 5.74) is 2.97. The number of benzene rings is 2. The SMILES string of the molecule is O=C(Nc1ccc(Oc2ccccc2)cc1)c1ccc(NCc2ccncc2)cn1. The molecule has 0 bridgehead atoms. The van der Waals surface area contributed by atoms with Crippen molar-refractivity contribution in [2.75, 3.05) is 10.6 Å². The van der Waals surface area contributed by atoms with Crippen LogP contribution in [0, 0.1) is 0 Å². The molecule has 2 heterocycles. The zero-order valence-corrected chi connectivity index (χ0v) is 16.2. The second kappa shape index (κ2) is 9.34. The molecule has 0 aliphatic carbocycles. The van der Waals surface area contributed by atoms with E-state index in [1.807, 2.05) is 60.7 Å². The minimum absolute atomic E-state index is 0.271. The van der Waals surface area contributed by atoms with Crippen LogP contribution in [-0.2, 0) is 6.54 Å². The number of carbonyl (C=O) groups is 1. The van der Waals surface area contributed by atoms with Crippen molar-refractivity contribution in [2.45, 2.75) is 6.54 Å². The van der Waals surface area contributed by atoms with E-state index in [2.05, 4.69) is 20.6 Å². The van der Waals surface area contributed by atoms with Crippen LogP contribution in [0.3, 0.4) is 0 Å². The summed E-state index contributed by atoms with van der Waals surface area (Å²) in [6.45, 7) is 0.660. The van der Waals surface area contributed by atoms with Gasteiger partial charge in [-0.15, -0.1) is 0 Å². The average molecular weight is 396 g/mol. The highest BCUT2D eigenvalue weighted by Gasteiger charge is 2.08. The zero-order chi connectivity index (χ0) is 20.6. The third kappa shape index (κ3) is 5.20. The first kappa shape index (κ1) is 19.1. The molecule has 0 saturated heterocycles. The van der Waals surface area contributed by atoms with Crippen molar-refractivity contribution in [3.05, 3.63) is 109 Å². The Bertz CT molecular complexity index is 1080. The fourth-order valence-corrected chi connectivity index (χ4v) is 2.76. The minimum Gasteiger partial charge on any atom is -0.457 e. The van der Waals surface area contributed by atoms with Gasteiger partial charge in [0.2, 0.25) is 0 Å². The predicted molar refractivity (Wildman–Crippen MR) is 117 cm³/mol. The Labute approximate surface area is 174 Å². The Hall–Kier alpha value is -4.19. The van der Waals surface area contributed by atoms with E-state index in [4.69, 9.17) is 4.74 Å². The maximum absolute atomic E-state index is 12.4. The number of nitrogens with one attached hydrogen (secondary N) is 2. The number of aromatic nitrogens is 2. The lowest BCUT2D eigenvalue weighted by Crippen LogP contribution is -2.13. The molecule has 2 aromatic carbocycles. The highest BCUT2D eigenvalue weighted by molar-refractivity contribution is 6.02. The molecule has 6 nitrogen and oxygen atoms in total. The van der Waals surface area contributed by atoms with Gasteiger partial charge in [0.25, 0.3) is 5.91 Å². The van der Waals surface area contributed by atoms with Gasteiger partial charge in [0.05, 0.1) is 11.9 Å². The van der Waals surface area contributed by atoms with Crippen LogP contribution >= 0.6 is 0 Å². The van der Waals surface area contributed by atoms with Gasteiger partial charge in [-0.05, 0) is 66.2 Å². The summed E-state index contributed by atoms with van der Waals surface area (Å²) in [6.07, 6.45) is 5.15. The number of rotatable bonds is 7. The maximum atomic E-state index is 12.4. The van der Waals surface area contributed by atoms with Crippen LogP contribution in [0.15, 0.2) is 97.5 Å². The summed E-state index contributed by atoms with van der Waals surface area (Å²) >= 11 is 0. The standard InChI is InChI=1S/C24H20N4O2/c29-24(23-11-8-20(17-27-23)26-16-18-12-14-25-15-13-18)28-19-6-9-22(10-7-19)30-21-4-2-1-3-5-21/h1-15,17,26H,16H2,(H,28,29). The van der Waals surface area contributed by atoms with Crippen molar-refractivity contribution in [2.24, 2.45) is 0 Å². The molecule has 148 valence electrons. The largest absolute Gasteiger partial charge is 0.457 e. The first-order valence-electron chi connectivity index (χ1n) is 9.49. The molecule has 0 spiro atoms. The van der Waals surface area contributed by atoms with E-state index in [1.54, 1.807) is 36.8 Å². The molecular weight excluding hydrogens is 376 g/mol. The highest BCUT2D eigenvalue weighted by atomic mass is 16.5. The van der Waals surface area contributed by atoms with Gasteiger partial charge in [-0.25, -0.2) is 4.98 Å². The molecule has 0 aliphatic heterocycles. The first-order valence-corrected chi connectivity index (χ1v) is 9.49. The zero-order valence-electron chi connectivity index (χ0n) is 16.2. The third-order valence-electron chi connectivity index (χ3n) is 4.33. The van der Waals surface area contributed by atoms with Gasteiger partial charge in [-0.3, -0.25) is 9.78 Å². The molecule has 0 radical (unpaired) electrons. The van der Waals surface area contributed by atoms with Crippen molar-refractivity contribution >= 4 is 17.3 Å². The van der Waals surface area contributed by atoms with Gasteiger partial charge in [-0.2, -0.15) is 0 Å². The Morgan fingerprint density at radius 2 is 1.50 bits per heavy atom. The average Bonchev–Trinajstić information content (AvgIpc) is 2.81. The van der Waals surface area contributed by atoms with E-state index in [0.717, 1.165) is 17.0 Å². The molecule has 0 aliphatic rings. The molecule has 2 aromatic heterocycles. The Kier molecular flexibility index (Phi) is 5.96. The van der Waals surface area contributed by atoms with E-state index in [0.29, 0.717) is 23.7 Å². The fraction of sp³-hybridized carbons (Fsp3) is 0.0417. The number of nitrogens with zero attached hydrogens (tertiary/aromatic N) is 2. The van der Waals surface area contributed by atoms with Gasteiger partial charge in [0.15, 0.2) is 0 Å². The molecule has 30 heavy (non-hydrogen) atoms. The molecule has 4 rings (SSSR count). The summed E-state index contributed by atoms with van der Waals surface area (Å²) in [4.78, 5) is 20.7. The molecule has 0 fully saturated rings. The lowest BCUT2D eigenvalue weighted by molar-refractivity contribution is 0.102. The number of amides is 1. The molecule has 4 aromatic rings. The predicted octanol–water partition coefficient (Wildman–Crippen LogP) is 5.13. The second-order valence-corrected chi connectivity index (χ2v) is 6.53. The first-order chi connectivity index (χ1) is 14.8. The topological polar surface area (TPSA) is 76.1 Å². The number of anilines is 2. The molecule has 0 unspecified atom stereocenters. The molecule has 1 amide bonds. The summed E-state index contributed by atoms with van der Waals surface area (Å²) in [5.74, 6) is 1.19. The van der Waals surface area contributed by atoms with E-state index < -0.39 is 0 Å². The number of carbonyl (C=O) groups excluding carboxylic acids is 1. The van der Waals surface area contributed by atoms with Crippen molar-refractivity contribution in [1.82, 2.24) is 9.97 Å². The van der Waals surface area contributed by atoms with Gasteiger partial charge in [-0.1, -0.05) is 18.2 Å². The molecule has 6 heteroatoms. The number of hydrogen-bond acceptors (Lipinski definition) is 5. The van der Waals surface area contributed by atoms with Crippen LogP contribution in [0.1, 0.15) is 16.1 Å². The molecular formula is C24H20N4O2. The quantitative estimate of drug-likeness (QED) is 0.453. The van der Waals surface area contributed by atoms with E-state index in [1.165, 1.54) is 0 Å². The van der Waals surface area contributed by atoms with Crippen LogP contribution in [-0.4, -0.2) is 15.9 Å². The Balaban J connectivity index is 1.32. The van der Waals surface area contributed by atoms with E-state index in [9.17, 15) is 4.79 Å². The summed E-state index contributed by atoms with van der Waals surface area (Å²) in [7, 11) is 0. The van der Waals surface area contributed by atoms with Gasteiger partial charge in [0, 0.05) is 24.6 Å². The van der Waals surface area contributed by atoms with E-state index >= 15 is 0 Å². The van der Waals surface area contributed by atoms with Crippen molar-refractivity contribution in [3.63, 3.8) is 0 Å². The number of pyridine rings is 2. The monoisotopic (exact) mass is 396 g/mol. The minimum atomic E-state index is -0.271. The molecule has 2 N–H and O–H groups in total. The normalized spacial score (nSPS) is 10.3. The number of ether oxygens (including phenoxy) is 1. The number of hydrogen-bond donors (Lipinski definition) is 2. The Morgan fingerprint density at radius 1 is 0.800 bits per heavy atom. The Morgan fingerprint density at radius 3 is 2.20 bits per heavy atom. The van der Waals surface area contributed by atoms with Crippen molar-refractivity contribution < 1.29 is 9.53 Å². The van der Waals surface area contributed by atoms with Gasteiger partial charge in [0.1, 0.15) is 17.2 Å². The van der Waals surface area contributed by atoms with Gasteiger partial charge < -0.3 is 15.4 Å². The third-order valence-corrected chi connectivity index (χ3v) is 4.33. The summed E-state index contributed by atoms with van der Waals surface area (Å²) in [5, 5.41) is 6.11. The molecule has 0 atom stereocenters. The summed E-state index contributed by atoms with van der Waals surface area (Å²) < 4.78 is 5.76. The second-order valence-electron chi connectivity index (χ2n) is 6.53. The maximum Gasteiger partial charge on any atom is 0.274 e. The van der Waals surface area contributed by atoms with Crippen LogP contribution in [0.4, 0.5) is 11.4 Å². The van der Waals surface area contributed by atoms with Crippen LogP contribution in [0.25, 0.3) is 0 Å². The van der Waals surface area contributed by atoms with Crippen LogP contribution in [0.2, 0.25) is 0 Å². The van der Waals surface area contributed by atoms with Crippen molar-refractivity contribution in [1.29, 1.82) is 0 Å². The van der Waals surface area contributed by atoms with Crippen LogP contribution < -0.4 is 15.4 Å². The fourth-order valence-electron chi connectivity index (χ4n) is 2.76. The van der Waals surface area contributed by atoms with E-state index in [-0.39, 0.29) is 5.91 Å². The lowest BCUT2D eigenvalue weighted by atomic mass is 10.2. The smallest absolute Gasteiger partial charge is 0.274 e. The molecule has 0 saturated carbocycles. The lowest BCUT2D eigenvalue weighted by Gasteiger charge is -2.09. The van der Waals surface area contributed by atoms with Crippen molar-refractivity contribution in [3.8, 4) is 11.5 Å².